The lowest BCUT2D eigenvalue weighted by molar-refractivity contribution is -0.138. The van der Waals surface area contributed by atoms with Crippen molar-refractivity contribution in [1.82, 2.24) is 19.9 Å². The summed E-state index contributed by atoms with van der Waals surface area (Å²) in [6.45, 7) is 4.48. The third kappa shape index (κ3) is 5.63. The first-order valence-corrected chi connectivity index (χ1v) is 12.0. The van der Waals surface area contributed by atoms with E-state index in [1.807, 2.05) is 31.2 Å². The van der Waals surface area contributed by atoms with Crippen molar-refractivity contribution in [1.29, 1.82) is 0 Å². The maximum Gasteiger partial charge on any atom is 0.419 e. The van der Waals surface area contributed by atoms with Gasteiger partial charge in [0, 0.05) is 25.4 Å². The van der Waals surface area contributed by atoms with Crippen molar-refractivity contribution in [2.24, 2.45) is 5.92 Å². The van der Waals surface area contributed by atoms with Crippen LogP contribution in [0, 0.1) is 19.8 Å². The van der Waals surface area contributed by atoms with Gasteiger partial charge in [-0.1, -0.05) is 36.8 Å². The van der Waals surface area contributed by atoms with Crippen molar-refractivity contribution in [3.05, 3.63) is 58.5 Å². The third-order valence-corrected chi connectivity index (χ3v) is 7.06. The van der Waals surface area contributed by atoms with E-state index >= 15 is 0 Å². The van der Waals surface area contributed by atoms with Gasteiger partial charge in [0.2, 0.25) is 5.95 Å². The molecule has 0 bridgehead atoms. The van der Waals surface area contributed by atoms with E-state index < -0.39 is 48.5 Å². The summed E-state index contributed by atoms with van der Waals surface area (Å²) in [5, 5.41) is 3.42. The summed E-state index contributed by atoms with van der Waals surface area (Å²) >= 11 is 1.31. The molecule has 192 valence electrons. The first kappa shape index (κ1) is 25.9. The van der Waals surface area contributed by atoms with Crippen LogP contribution >= 0.6 is 11.3 Å². The van der Waals surface area contributed by atoms with Crippen LogP contribution in [0.15, 0.2) is 36.7 Å². The number of alkyl halides is 5. The van der Waals surface area contributed by atoms with E-state index in [4.69, 9.17) is 0 Å². The number of thiazole rings is 1. The van der Waals surface area contributed by atoms with Crippen molar-refractivity contribution in [2.45, 2.75) is 45.3 Å². The Balaban J connectivity index is 1.60. The van der Waals surface area contributed by atoms with E-state index in [1.54, 1.807) is 13.8 Å². The number of likely N-dealkylation sites (tertiary alicyclic amines) is 1. The van der Waals surface area contributed by atoms with Crippen molar-refractivity contribution in [3.8, 4) is 10.4 Å². The Bertz CT molecular complexity index is 1230. The maximum atomic E-state index is 14.6. The number of benzene rings is 1. The molecule has 0 aliphatic carbocycles. The number of piperidine rings is 1. The van der Waals surface area contributed by atoms with E-state index in [2.05, 4.69) is 20.3 Å². The Hall–Kier alpha value is -3.15. The van der Waals surface area contributed by atoms with Crippen LogP contribution in [0.2, 0.25) is 0 Å². The van der Waals surface area contributed by atoms with Gasteiger partial charge >= 0.3 is 6.18 Å². The summed E-state index contributed by atoms with van der Waals surface area (Å²) < 4.78 is 67.5. The molecular formula is C24H24F5N5OS. The van der Waals surface area contributed by atoms with Gasteiger partial charge < -0.3 is 10.2 Å². The van der Waals surface area contributed by atoms with Gasteiger partial charge in [0.15, 0.2) is 0 Å². The highest BCUT2D eigenvalue weighted by atomic mass is 32.1. The van der Waals surface area contributed by atoms with Gasteiger partial charge in [0.25, 0.3) is 11.8 Å². The number of carbonyl (C=O) groups is 1. The molecule has 2 aromatic heterocycles. The van der Waals surface area contributed by atoms with Crippen LogP contribution in [0.5, 0.6) is 0 Å². The molecule has 36 heavy (non-hydrogen) atoms. The standard InChI is InChI=1S/C24H24F5N5OS/c1-13-4-6-16(7-5-13)20-19(33-15(3)36-20)21(35)34-12-23(25,26)8-14(2)18(34)11-32-22-30-9-17(10-31-22)24(27,28)29/h4-7,9-10,14,18H,8,11-12H2,1-3H3,(H,30,31,32). The van der Waals surface area contributed by atoms with Crippen LogP contribution in [-0.2, 0) is 6.18 Å². The molecule has 1 aliphatic rings. The zero-order valence-corrected chi connectivity index (χ0v) is 20.6. The van der Waals surface area contributed by atoms with Gasteiger partial charge in [-0.05, 0) is 25.3 Å². The Morgan fingerprint density at radius 1 is 1.17 bits per heavy atom. The summed E-state index contributed by atoms with van der Waals surface area (Å²) in [6.07, 6.45) is -3.73. The number of rotatable bonds is 5. The molecule has 3 heterocycles. The van der Waals surface area contributed by atoms with Crippen molar-refractivity contribution in [3.63, 3.8) is 0 Å². The summed E-state index contributed by atoms with van der Waals surface area (Å²) in [6, 6.07) is 6.82. The highest BCUT2D eigenvalue weighted by Crippen LogP contribution is 2.37. The van der Waals surface area contributed by atoms with E-state index in [-0.39, 0.29) is 18.2 Å². The molecule has 1 aromatic carbocycles. The Morgan fingerprint density at radius 3 is 2.42 bits per heavy atom. The molecule has 1 fully saturated rings. The fourth-order valence-electron chi connectivity index (χ4n) is 4.25. The molecule has 1 aliphatic heterocycles. The first-order valence-electron chi connectivity index (χ1n) is 11.2. The lowest BCUT2D eigenvalue weighted by atomic mass is 9.88. The molecule has 2 atom stereocenters. The maximum absolute atomic E-state index is 14.6. The molecule has 1 amide bonds. The van der Waals surface area contributed by atoms with Gasteiger partial charge in [-0.3, -0.25) is 4.79 Å². The average Bonchev–Trinajstić information content (AvgIpc) is 3.19. The summed E-state index contributed by atoms with van der Waals surface area (Å²) in [4.78, 5) is 27.1. The van der Waals surface area contributed by atoms with Crippen LogP contribution in [0.25, 0.3) is 10.4 Å². The summed E-state index contributed by atoms with van der Waals surface area (Å²) in [5.74, 6) is -4.42. The SMILES string of the molecule is Cc1ccc(-c2sc(C)nc2C(=O)N2CC(F)(F)CC(C)C2CNc2ncc(C(F)(F)F)cn2)cc1. The normalized spacial score (nSPS) is 19.8. The third-order valence-electron chi connectivity index (χ3n) is 6.04. The topological polar surface area (TPSA) is 71.0 Å². The molecule has 0 spiro atoms. The van der Waals surface area contributed by atoms with E-state index in [0.717, 1.165) is 16.0 Å². The highest BCUT2D eigenvalue weighted by Gasteiger charge is 2.47. The zero-order chi connectivity index (χ0) is 26.3. The molecule has 3 aromatic rings. The number of aryl methyl sites for hydroxylation is 2. The number of nitrogens with one attached hydrogen (secondary N) is 1. The second-order valence-electron chi connectivity index (χ2n) is 8.99. The number of anilines is 1. The molecule has 12 heteroatoms. The molecular weight excluding hydrogens is 501 g/mol. The number of amides is 1. The van der Waals surface area contributed by atoms with Crippen molar-refractivity contribution >= 4 is 23.2 Å². The summed E-state index contributed by atoms with van der Waals surface area (Å²) in [5.41, 5.74) is 0.897. The molecule has 6 nitrogen and oxygen atoms in total. The molecule has 4 rings (SSSR count). The number of aromatic nitrogens is 3. The van der Waals surface area contributed by atoms with Crippen molar-refractivity contribution in [2.75, 3.05) is 18.4 Å². The first-order chi connectivity index (χ1) is 16.8. The molecule has 2 unspecified atom stereocenters. The van der Waals surface area contributed by atoms with Crippen molar-refractivity contribution < 1.29 is 26.7 Å². The number of nitrogens with zero attached hydrogens (tertiary/aromatic N) is 4. The molecule has 0 radical (unpaired) electrons. The molecule has 1 N–H and O–H groups in total. The van der Waals surface area contributed by atoms with Gasteiger partial charge in [-0.25, -0.2) is 23.7 Å². The minimum atomic E-state index is -4.58. The van der Waals surface area contributed by atoms with E-state index in [9.17, 15) is 26.7 Å². The second kappa shape index (κ2) is 9.72. The molecule has 0 saturated carbocycles. The minimum Gasteiger partial charge on any atom is -0.352 e. The zero-order valence-electron chi connectivity index (χ0n) is 19.7. The van der Waals surface area contributed by atoms with Crippen LogP contribution in [0.3, 0.4) is 0 Å². The number of carbonyl (C=O) groups excluding carboxylic acids is 1. The Kier molecular flexibility index (Phi) is 7.00. The quantitative estimate of drug-likeness (QED) is 0.424. The molecule has 1 saturated heterocycles. The van der Waals surface area contributed by atoms with E-state index in [1.165, 1.54) is 11.3 Å². The van der Waals surface area contributed by atoms with Gasteiger partial charge in [0.05, 0.1) is 28.0 Å². The predicted molar refractivity (Wildman–Crippen MR) is 126 cm³/mol. The number of halogens is 5. The summed E-state index contributed by atoms with van der Waals surface area (Å²) in [7, 11) is 0. The monoisotopic (exact) mass is 525 g/mol. The smallest absolute Gasteiger partial charge is 0.352 e. The highest BCUT2D eigenvalue weighted by molar-refractivity contribution is 7.15. The predicted octanol–water partition coefficient (Wildman–Crippen LogP) is 5.83. The number of hydrogen-bond acceptors (Lipinski definition) is 6. The second-order valence-corrected chi connectivity index (χ2v) is 10.2. The van der Waals surface area contributed by atoms with E-state index in [0.29, 0.717) is 22.3 Å². The van der Waals surface area contributed by atoms with Crippen LogP contribution in [0.1, 0.15) is 40.0 Å². The van der Waals surface area contributed by atoms with Gasteiger partial charge in [-0.2, -0.15) is 13.2 Å². The minimum absolute atomic E-state index is 0.0165. The van der Waals surface area contributed by atoms with Crippen LogP contribution < -0.4 is 5.32 Å². The van der Waals surface area contributed by atoms with Crippen LogP contribution in [0.4, 0.5) is 27.9 Å². The lowest BCUT2D eigenvalue weighted by Gasteiger charge is -2.43. The van der Waals surface area contributed by atoms with Gasteiger partial charge in [0.1, 0.15) is 5.69 Å². The lowest BCUT2D eigenvalue weighted by Crippen LogP contribution is -2.57. The average molecular weight is 526 g/mol. The van der Waals surface area contributed by atoms with Crippen LogP contribution in [-0.4, -0.2) is 50.8 Å². The Labute approximate surface area is 208 Å². The Morgan fingerprint density at radius 2 is 1.81 bits per heavy atom. The number of hydrogen-bond donors (Lipinski definition) is 1. The largest absolute Gasteiger partial charge is 0.419 e. The fraction of sp³-hybridized carbons (Fsp3) is 0.417. The fourth-order valence-corrected chi connectivity index (χ4v) is 5.17. The van der Waals surface area contributed by atoms with Gasteiger partial charge in [-0.15, -0.1) is 11.3 Å².